The summed E-state index contributed by atoms with van der Waals surface area (Å²) in [5, 5.41) is 3.44. The van der Waals surface area contributed by atoms with E-state index in [1.807, 2.05) is 23.1 Å². The molecular formula is C20H28ClN3O2. The molecule has 3 saturated heterocycles. The van der Waals surface area contributed by atoms with E-state index in [4.69, 9.17) is 0 Å². The molecule has 3 aliphatic rings. The van der Waals surface area contributed by atoms with E-state index in [0.29, 0.717) is 25.0 Å². The molecule has 26 heavy (non-hydrogen) atoms. The van der Waals surface area contributed by atoms with Crippen LogP contribution in [0.15, 0.2) is 24.3 Å². The van der Waals surface area contributed by atoms with Crippen molar-refractivity contribution in [1.82, 2.24) is 10.2 Å². The molecule has 3 heterocycles. The lowest BCUT2D eigenvalue weighted by Gasteiger charge is -2.30. The molecule has 3 aliphatic heterocycles. The minimum Gasteiger partial charge on any atom is -0.335 e. The average Bonchev–Trinajstić information content (AvgIpc) is 3.12. The second kappa shape index (κ2) is 7.97. The van der Waals surface area contributed by atoms with Crippen molar-refractivity contribution in [1.29, 1.82) is 0 Å². The molecule has 5 nitrogen and oxygen atoms in total. The van der Waals surface area contributed by atoms with Gasteiger partial charge in [0.15, 0.2) is 0 Å². The number of rotatable bonds is 3. The zero-order valence-electron chi connectivity index (χ0n) is 15.3. The fourth-order valence-corrected chi connectivity index (χ4v) is 4.73. The van der Waals surface area contributed by atoms with Crippen LogP contribution < -0.4 is 10.2 Å². The number of hydrogen-bond donors (Lipinski definition) is 1. The van der Waals surface area contributed by atoms with Crippen molar-refractivity contribution in [2.24, 2.45) is 5.92 Å². The van der Waals surface area contributed by atoms with Crippen molar-refractivity contribution in [3.05, 3.63) is 29.8 Å². The largest absolute Gasteiger partial charge is 0.335 e. The van der Waals surface area contributed by atoms with E-state index in [2.05, 4.69) is 23.2 Å². The Morgan fingerprint density at radius 1 is 1.19 bits per heavy atom. The van der Waals surface area contributed by atoms with Crippen LogP contribution in [0.1, 0.15) is 38.2 Å². The highest BCUT2D eigenvalue weighted by Crippen LogP contribution is 2.34. The first-order chi connectivity index (χ1) is 12.2. The van der Waals surface area contributed by atoms with Crippen LogP contribution in [-0.2, 0) is 16.0 Å². The molecule has 0 radical (unpaired) electrons. The van der Waals surface area contributed by atoms with Gasteiger partial charge >= 0.3 is 0 Å². The van der Waals surface area contributed by atoms with Gasteiger partial charge in [0.2, 0.25) is 11.8 Å². The smallest absolute Gasteiger partial charge is 0.228 e. The third kappa shape index (κ3) is 3.35. The summed E-state index contributed by atoms with van der Waals surface area (Å²) in [6.07, 6.45) is 4.47. The number of aryl methyl sites for hydroxylation is 1. The SMILES string of the molecule is CCc1ccccc1N1CC(C(=O)N2C3CCNCC2CC3)CC1=O.Cl. The molecule has 2 bridgehead atoms. The van der Waals surface area contributed by atoms with Crippen LogP contribution in [0, 0.1) is 5.92 Å². The molecule has 6 heteroatoms. The zero-order chi connectivity index (χ0) is 17.4. The monoisotopic (exact) mass is 377 g/mol. The summed E-state index contributed by atoms with van der Waals surface area (Å²) in [5.41, 5.74) is 2.15. The topological polar surface area (TPSA) is 52.7 Å². The molecule has 0 aromatic heterocycles. The van der Waals surface area contributed by atoms with Crippen LogP contribution in [0.2, 0.25) is 0 Å². The van der Waals surface area contributed by atoms with Crippen molar-refractivity contribution in [2.75, 3.05) is 24.5 Å². The van der Waals surface area contributed by atoms with Gasteiger partial charge in [-0.3, -0.25) is 9.59 Å². The summed E-state index contributed by atoms with van der Waals surface area (Å²) in [7, 11) is 0. The number of amides is 2. The standard InChI is InChI=1S/C20H27N3O2.ClH/c1-2-14-5-3-4-6-18(14)22-13-15(11-19(22)24)20(25)23-16-7-8-17(23)12-21-10-9-16;/h3-6,15-17,21H,2,7-13H2,1H3;1H. The zero-order valence-corrected chi connectivity index (χ0v) is 16.1. The fraction of sp³-hybridized carbons (Fsp3) is 0.600. The highest BCUT2D eigenvalue weighted by molar-refractivity contribution is 6.01. The highest BCUT2D eigenvalue weighted by atomic mass is 35.5. The number of anilines is 1. The fourth-order valence-electron chi connectivity index (χ4n) is 4.73. The van der Waals surface area contributed by atoms with Gasteiger partial charge in [0.25, 0.3) is 0 Å². The molecule has 0 aliphatic carbocycles. The van der Waals surface area contributed by atoms with Crippen LogP contribution in [0.4, 0.5) is 5.69 Å². The van der Waals surface area contributed by atoms with Crippen molar-refractivity contribution in [3.63, 3.8) is 0 Å². The number of nitrogens with one attached hydrogen (secondary N) is 1. The lowest BCUT2D eigenvalue weighted by molar-refractivity contribution is -0.138. The summed E-state index contributed by atoms with van der Waals surface area (Å²) in [4.78, 5) is 29.8. The molecule has 2 amide bonds. The molecule has 1 aromatic carbocycles. The van der Waals surface area contributed by atoms with Crippen LogP contribution >= 0.6 is 12.4 Å². The molecule has 0 spiro atoms. The van der Waals surface area contributed by atoms with Gasteiger partial charge in [-0.25, -0.2) is 0 Å². The summed E-state index contributed by atoms with van der Waals surface area (Å²) >= 11 is 0. The first-order valence-corrected chi connectivity index (χ1v) is 9.60. The molecule has 1 aromatic rings. The second-order valence-corrected chi connectivity index (χ2v) is 7.51. The highest BCUT2D eigenvalue weighted by Gasteiger charge is 2.44. The Hall–Kier alpha value is -1.59. The number of carbonyl (C=O) groups is 2. The van der Waals surface area contributed by atoms with E-state index in [-0.39, 0.29) is 30.1 Å². The van der Waals surface area contributed by atoms with Crippen molar-refractivity contribution < 1.29 is 9.59 Å². The molecule has 142 valence electrons. The van der Waals surface area contributed by atoms with Gasteiger partial charge in [-0.1, -0.05) is 25.1 Å². The normalized spacial score (nSPS) is 28.0. The Kier molecular flexibility index (Phi) is 5.88. The molecule has 4 rings (SSSR count). The summed E-state index contributed by atoms with van der Waals surface area (Å²) in [5.74, 6) is 0.0826. The van der Waals surface area contributed by atoms with Gasteiger partial charge in [-0.05, 0) is 43.9 Å². The lowest BCUT2D eigenvalue weighted by Crippen LogP contribution is -2.46. The Bertz CT molecular complexity index is 667. The molecule has 3 unspecified atom stereocenters. The maximum atomic E-state index is 13.2. The minimum atomic E-state index is -0.196. The summed E-state index contributed by atoms with van der Waals surface area (Å²) in [6.45, 7) is 4.51. The van der Waals surface area contributed by atoms with Crippen LogP contribution in [-0.4, -0.2) is 48.4 Å². The van der Waals surface area contributed by atoms with Crippen molar-refractivity contribution in [2.45, 2.75) is 51.1 Å². The molecule has 3 fully saturated rings. The van der Waals surface area contributed by atoms with Crippen molar-refractivity contribution in [3.8, 4) is 0 Å². The Labute approximate surface area is 161 Å². The molecule has 3 atom stereocenters. The number of nitrogens with zero attached hydrogens (tertiary/aromatic N) is 2. The number of halogens is 1. The maximum Gasteiger partial charge on any atom is 0.228 e. The third-order valence-corrected chi connectivity index (χ3v) is 6.05. The van der Waals surface area contributed by atoms with Crippen LogP contribution in [0.5, 0.6) is 0 Å². The number of fused-ring (bicyclic) bond motifs is 2. The van der Waals surface area contributed by atoms with Crippen molar-refractivity contribution >= 4 is 29.9 Å². The van der Waals surface area contributed by atoms with Gasteiger partial charge < -0.3 is 15.1 Å². The van der Waals surface area contributed by atoms with Gasteiger partial charge in [-0.2, -0.15) is 0 Å². The van der Waals surface area contributed by atoms with E-state index in [1.165, 1.54) is 5.56 Å². The first-order valence-electron chi connectivity index (χ1n) is 9.60. The number of para-hydroxylation sites is 1. The quantitative estimate of drug-likeness (QED) is 0.879. The number of hydrogen-bond acceptors (Lipinski definition) is 3. The van der Waals surface area contributed by atoms with E-state index in [1.54, 1.807) is 0 Å². The second-order valence-electron chi connectivity index (χ2n) is 7.51. The van der Waals surface area contributed by atoms with Gasteiger partial charge in [0, 0.05) is 37.3 Å². The van der Waals surface area contributed by atoms with Crippen LogP contribution in [0.25, 0.3) is 0 Å². The lowest BCUT2D eigenvalue weighted by atomic mass is 10.1. The maximum absolute atomic E-state index is 13.2. The van der Waals surface area contributed by atoms with Gasteiger partial charge in [-0.15, -0.1) is 12.4 Å². The summed E-state index contributed by atoms with van der Waals surface area (Å²) < 4.78 is 0. The molecular weight excluding hydrogens is 350 g/mol. The molecule has 0 saturated carbocycles. The minimum absolute atomic E-state index is 0. The van der Waals surface area contributed by atoms with Gasteiger partial charge in [0.05, 0.1) is 5.92 Å². The van der Waals surface area contributed by atoms with E-state index < -0.39 is 0 Å². The Morgan fingerprint density at radius 3 is 2.77 bits per heavy atom. The Balaban J connectivity index is 0.00000196. The van der Waals surface area contributed by atoms with Crippen LogP contribution in [0.3, 0.4) is 0 Å². The number of benzene rings is 1. The summed E-state index contributed by atoms with van der Waals surface area (Å²) in [6, 6.07) is 8.72. The predicted octanol–water partition coefficient (Wildman–Crippen LogP) is 2.38. The predicted molar refractivity (Wildman–Crippen MR) is 105 cm³/mol. The Morgan fingerprint density at radius 2 is 1.96 bits per heavy atom. The van der Waals surface area contributed by atoms with Gasteiger partial charge in [0.1, 0.15) is 0 Å². The van der Waals surface area contributed by atoms with E-state index in [9.17, 15) is 9.59 Å². The first kappa shape index (κ1) is 19.2. The third-order valence-electron chi connectivity index (χ3n) is 6.05. The van der Waals surface area contributed by atoms with E-state index in [0.717, 1.165) is 44.5 Å². The molecule has 1 N–H and O–H groups in total. The number of carbonyl (C=O) groups excluding carboxylic acids is 2. The van der Waals surface area contributed by atoms with E-state index >= 15 is 0 Å². The average molecular weight is 378 g/mol.